The van der Waals surface area contributed by atoms with Gasteiger partial charge in [0.05, 0.1) is 10.9 Å². The topological polar surface area (TPSA) is 81.1 Å². The Balaban J connectivity index is 2.12. The van der Waals surface area contributed by atoms with Gasteiger partial charge in [-0.2, -0.15) is 0 Å². The zero-order chi connectivity index (χ0) is 17.4. The van der Waals surface area contributed by atoms with Crippen molar-refractivity contribution in [3.05, 3.63) is 34.4 Å². The fourth-order valence-electron chi connectivity index (χ4n) is 3.11. The Labute approximate surface area is 140 Å². The molecular weight excluding hydrogens is 305 g/mol. The predicted octanol–water partition coefficient (Wildman–Crippen LogP) is 0.840. The molecule has 0 spiro atoms. The van der Waals surface area contributed by atoms with Gasteiger partial charge in [0, 0.05) is 6.42 Å². The molecule has 24 heavy (non-hydrogen) atoms. The van der Waals surface area contributed by atoms with Crippen molar-refractivity contribution in [3.63, 3.8) is 0 Å². The summed E-state index contributed by atoms with van der Waals surface area (Å²) >= 11 is 0. The number of aryl methyl sites for hydroxylation is 1. The van der Waals surface area contributed by atoms with Gasteiger partial charge in [0.1, 0.15) is 11.9 Å². The van der Waals surface area contributed by atoms with E-state index in [9.17, 15) is 14.4 Å². The standard InChI is InChI=1S/C17H19BN3O3/c1-9(2)18-11-4-5-13-12(8-11)17(24)21(10(3)19-13)14-6-7-15(22)20-16(14)23/h4-5,8-9,14H,6-7H2,1-3H3,(H,20,22,23). The third-order valence-electron chi connectivity index (χ3n) is 4.15. The van der Waals surface area contributed by atoms with Gasteiger partial charge in [-0.3, -0.25) is 24.3 Å². The molecule has 123 valence electrons. The van der Waals surface area contributed by atoms with E-state index in [1.54, 1.807) is 6.92 Å². The van der Waals surface area contributed by atoms with Crippen molar-refractivity contribution >= 4 is 35.5 Å². The van der Waals surface area contributed by atoms with Crippen molar-refractivity contribution in [2.45, 2.75) is 45.5 Å². The van der Waals surface area contributed by atoms with E-state index in [4.69, 9.17) is 0 Å². The molecule has 1 fully saturated rings. The summed E-state index contributed by atoms with van der Waals surface area (Å²) in [6.07, 6.45) is 0.540. The first-order valence-corrected chi connectivity index (χ1v) is 8.08. The highest BCUT2D eigenvalue weighted by atomic mass is 16.2. The SMILES string of the molecule is Cc1nc2ccc([B]C(C)C)cc2c(=O)n1C1CCC(=O)NC1=O. The minimum atomic E-state index is -0.690. The molecule has 2 aromatic rings. The van der Waals surface area contributed by atoms with Crippen LogP contribution >= 0.6 is 0 Å². The zero-order valence-electron chi connectivity index (χ0n) is 14.0. The first kappa shape index (κ1) is 16.4. The second-order valence-electron chi connectivity index (χ2n) is 6.49. The Kier molecular flexibility index (Phi) is 4.26. The van der Waals surface area contributed by atoms with Gasteiger partial charge in [-0.25, -0.2) is 4.98 Å². The van der Waals surface area contributed by atoms with Crippen LogP contribution in [0.25, 0.3) is 10.9 Å². The van der Waals surface area contributed by atoms with Crippen molar-refractivity contribution in [3.8, 4) is 0 Å². The predicted molar refractivity (Wildman–Crippen MR) is 92.6 cm³/mol. The first-order chi connectivity index (χ1) is 11.4. The minimum absolute atomic E-state index is 0.224. The number of hydrogen-bond acceptors (Lipinski definition) is 4. The molecule has 0 aliphatic carbocycles. The molecule has 1 aliphatic rings. The van der Waals surface area contributed by atoms with E-state index in [1.807, 2.05) is 18.2 Å². The maximum absolute atomic E-state index is 13.0. The van der Waals surface area contributed by atoms with E-state index < -0.39 is 11.9 Å². The number of nitrogens with one attached hydrogen (secondary N) is 1. The Morgan fingerprint density at radius 3 is 2.71 bits per heavy atom. The Morgan fingerprint density at radius 1 is 1.29 bits per heavy atom. The van der Waals surface area contributed by atoms with Crippen LogP contribution in [0.15, 0.2) is 23.0 Å². The molecule has 1 atom stereocenters. The summed E-state index contributed by atoms with van der Waals surface area (Å²) in [4.78, 5) is 40.9. The molecule has 1 unspecified atom stereocenters. The monoisotopic (exact) mass is 324 g/mol. The summed E-state index contributed by atoms with van der Waals surface area (Å²) < 4.78 is 1.41. The fraction of sp³-hybridized carbons (Fsp3) is 0.412. The summed E-state index contributed by atoms with van der Waals surface area (Å²) in [7, 11) is 2.06. The molecule has 1 saturated heterocycles. The summed E-state index contributed by atoms with van der Waals surface area (Å²) in [6, 6.07) is 4.88. The van der Waals surface area contributed by atoms with Gasteiger partial charge in [0.25, 0.3) is 5.56 Å². The Hall–Kier alpha value is -2.44. The van der Waals surface area contributed by atoms with Crippen molar-refractivity contribution in [2.24, 2.45) is 0 Å². The molecule has 1 aromatic heterocycles. The maximum atomic E-state index is 13.0. The third kappa shape index (κ3) is 2.98. The van der Waals surface area contributed by atoms with Crippen LogP contribution in [0.5, 0.6) is 0 Å². The van der Waals surface area contributed by atoms with Crippen LogP contribution in [-0.2, 0) is 9.59 Å². The molecule has 3 rings (SSSR count). The molecule has 1 N–H and O–H groups in total. The third-order valence-corrected chi connectivity index (χ3v) is 4.15. The number of piperidine rings is 1. The van der Waals surface area contributed by atoms with Crippen LogP contribution in [0.4, 0.5) is 0 Å². The van der Waals surface area contributed by atoms with Gasteiger partial charge >= 0.3 is 0 Å². The lowest BCUT2D eigenvalue weighted by molar-refractivity contribution is -0.135. The highest BCUT2D eigenvalue weighted by Gasteiger charge is 2.30. The summed E-state index contributed by atoms with van der Waals surface area (Å²) in [5, 5.41) is 2.78. The van der Waals surface area contributed by atoms with E-state index in [0.29, 0.717) is 29.0 Å². The zero-order valence-corrected chi connectivity index (χ0v) is 14.0. The normalized spacial score (nSPS) is 18.1. The van der Waals surface area contributed by atoms with Gasteiger partial charge in [-0.1, -0.05) is 37.3 Å². The number of rotatable bonds is 3. The average Bonchev–Trinajstić information content (AvgIpc) is 2.49. The van der Waals surface area contributed by atoms with E-state index in [1.165, 1.54) is 4.57 Å². The average molecular weight is 324 g/mol. The second-order valence-corrected chi connectivity index (χ2v) is 6.49. The lowest BCUT2D eigenvalue weighted by atomic mass is 9.60. The molecule has 1 radical (unpaired) electrons. The molecule has 2 heterocycles. The number of imide groups is 1. The summed E-state index contributed by atoms with van der Waals surface area (Å²) in [5.41, 5.74) is 1.32. The first-order valence-electron chi connectivity index (χ1n) is 8.08. The van der Waals surface area contributed by atoms with E-state index in [2.05, 4.69) is 31.4 Å². The van der Waals surface area contributed by atoms with Gasteiger partial charge < -0.3 is 0 Å². The molecule has 0 bridgehead atoms. The van der Waals surface area contributed by atoms with Crippen molar-refractivity contribution < 1.29 is 9.59 Å². The summed E-state index contributed by atoms with van der Waals surface area (Å²) in [5.74, 6) is 0.0906. The quantitative estimate of drug-likeness (QED) is 0.670. The number of amides is 2. The Bertz CT molecular complexity index is 889. The van der Waals surface area contributed by atoms with Crippen LogP contribution < -0.4 is 16.3 Å². The number of fused-ring (bicyclic) bond motifs is 1. The number of benzene rings is 1. The lowest BCUT2D eigenvalue weighted by Crippen LogP contribution is -2.45. The number of aromatic nitrogens is 2. The molecule has 7 heteroatoms. The van der Waals surface area contributed by atoms with Crippen molar-refractivity contribution in [2.75, 3.05) is 0 Å². The van der Waals surface area contributed by atoms with Gasteiger partial charge in [-0.05, 0) is 19.4 Å². The number of carbonyl (C=O) groups excluding carboxylic acids is 2. The largest absolute Gasteiger partial charge is 0.295 e. The molecule has 1 aromatic carbocycles. The smallest absolute Gasteiger partial charge is 0.262 e. The van der Waals surface area contributed by atoms with E-state index in [-0.39, 0.29) is 17.9 Å². The highest BCUT2D eigenvalue weighted by molar-refractivity contribution is 6.55. The van der Waals surface area contributed by atoms with E-state index >= 15 is 0 Å². The van der Waals surface area contributed by atoms with Gasteiger partial charge in [0.15, 0.2) is 7.28 Å². The number of hydrogen-bond donors (Lipinski definition) is 1. The van der Waals surface area contributed by atoms with Gasteiger partial charge in [-0.15, -0.1) is 0 Å². The molecule has 6 nitrogen and oxygen atoms in total. The van der Waals surface area contributed by atoms with E-state index in [0.717, 1.165) is 5.46 Å². The van der Waals surface area contributed by atoms with Crippen LogP contribution in [0.2, 0.25) is 5.82 Å². The van der Waals surface area contributed by atoms with Crippen LogP contribution in [-0.4, -0.2) is 28.6 Å². The summed E-state index contributed by atoms with van der Waals surface area (Å²) in [6.45, 7) is 5.84. The van der Waals surface area contributed by atoms with Crippen LogP contribution in [0.3, 0.4) is 0 Å². The lowest BCUT2D eigenvalue weighted by Gasteiger charge is -2.24. The van der Waals surface area contributed by atoms with Crippen LogP contribution in [0.1, 0.15) is 38.6 Å². The Morgan fingerprint density at radius 2 is 2.04 bits per heavy atom. The van der Waals surface area contributed by atoms with Crippen LogP contribution in [0, 0.1) is 6.92 Å². The molecule has 0 saturated carbocycles. The molecule has 2 amide bonds. The minimum Gasteiger partial charge on any atom is -0.295 e. The number of nitrogens with zero attached hydrogens (tertiary/aromatic N) is 2. The molecule has 1 aliphatic heterocycles. The highest BCUT2D eigenvalue weighted by Crippen LogP contribution is 2.19. The maximum Gasteiger partial charge on any atom is 0.262 e. The second kappa shape index (κ2) is 6.22. The fourth-order valence-corrected chi connectivity index (χ4v) is 3.11. The van der Waals surface area contributed by atoms with Crippen molar-refractivity contribution in [1.82, 2.24) is 14.9 Å². The van der Waals surface area contributed by atoms with Gasteiger partial charge in [0.2, 0.25) is 11.8 Å². The number of carbonyl (C=O) groups is 2. The molecular formula is C17H19BN3O3. The van der Waals surface area contributed by atoms with Crippen molar-refractivity contribution in [1.29, 1.82) is 0 Å².